The average Bonchev–Trinajstić information content (AvgIpc) is 1.80. The third kappa shape index (κ3) is 7.55. The summed E-state index contributed by atoms with van der Waals surface area (Å²) in [6, 6.07) is 0. The number of nitrogens with zero attached hydrogens (tertiary/aromatic N) is 1. The first kappa shape index (κ1) is 8.55. The van der Waals surface area contributed by atoms with Crippen molar-refractivity contribution >= 4 is 11.8 Å². The number of thioether (sulfide) groups is 1. The van der Waals surface area contributed by atoms with Gasteiger partial charge in [0.2, 0.25) is 0 Å². The summed E-state index contributed by atoms with van der Waals surface area (Å²) in [5, 5.41) is 8.77. The van der Waals surface area contributed by atoms with Gasteiger partial charge in [-0.3, -0.25) is 0 Å². The molecule has 0 aliphatic carbocycles. The van der Waals surface area contributed by atoms with E-state index >= 15 is 0 Å². The van der Waals surface area contributed by atoms with Gasteiger partial charge in [0.15, 0.2) is 0 Å². The van der Waals surface area contributed by atoms with Crippen molar-refractivity contribution in [2.75, 3.05) is 18.1 Å². The average molecular weight is 151 g/mol. The van der Waals surface area contributed by atoms with Crippen LogP contribution in [0.4, 0.5) is 0 Å². The van der Waals surface area contributed by atoms with E-state index in [1.54, 1.807) is 11.8 Å². The maximum absolute atomic E-state index is 9.54. The molecular formula is C4H9NO3S. The van der Waals surface area contributed by atoms with E-state index in [4.69, 9.17) is 0 Å². The van der Waals surface area contributed by atoms with Gasteiger partial charge in [-0.05, 0) is 5.75 Å². The minimum absolute atomic E-state index is 0.200. The Morgan fingerprint density at radius 3 is 2.89 bits per heavy atom. The molecule has 0 aliphatic heterocycles. The fourth-order valence-corrected chi connectivity index (χ4v) is 0.796. The maximum Gasteiger partial charge on any atom is 0.294 e. The first-order valence-corrected chi connectivity index (χ1v) is 3.78. The van der Waals surface area contributed by atoms with E-state index < -0.39 is 5.09 Å². The largest absolute Gasteiger partial charge is 0.313 e. The molecule has 0 rings (SSSR count). The maximum atomic E-state index is 9.54. The molecule has 0 spiro atoms. The van der Waals surface area contributed by atoms with E-state index in [1.165, 1.54) is 0 Å². The topological polar surface area (TPSA) is 52.4 Å². The zero-order valence-electron chi connectivity index (χ0n) is 5.20. The lowest BCUT2D eigenvalue weighted by Gasteiger charge is -1.94. The molecule has 0 aliphatic rings. The highest BCUT2D eigenvalue weighted by molar-refractivity contribution is 7.99. The van der Waals surface area contributed by atoms with Crippen LogP contribution >= 0.6 is 11.8 Å². The molecule has 54 valence electrons. The number of hydrogen-bond donors (Lipinski definition) is 0. The summed E-state index contributed by atoms with van der Waals surface area (Å²) in [6.45, 7) is 2.20. The van der Waals surface area contributed by atoms with Gasteiger partial charge in [-0.25, -0.2) is 0 Å². The standard InChI is InChI=1S/C4H9NO3S/c1-2-9-4-3-8-5(6)7/h2-4H2,1H3. The summed E-state index contributed by atoms with van der Waals surface area (Å²) < 4.78 is 0. The summed E-state index contributed by atoms with van der Waals surface area (Å²) in [4.78, 5) is 13.6. The van der Waals surface area contributed by atoms with Crippen molar-refractivity contribution in [2.24, 2.45) is 0 Å². The zero-order chi connectivity index (χ0) is 7.11. The zero-order valence-corrected chi connectivity index (χ0v) is 6.02. The minimum atomic E-state index is -0.768. The van der Waals surface area contributed by atoms with Crippen LogP contribution in [0.5, 0.6) is 0 Å². The van der Waals surface area contributed by atoms with Gasteiger partial charge in [0, 0.05) is 5.75 Å². The van der Waals surface area contributed by atoms with Crippen LogP contribution in [0.25, 0.3) is 0 Å². The summed E-state index contributed by atoms with van der Waals surface area (Å²) in [5.74, 6) is 1.67. The first-order valence-electron chi connectivity index (χ1n) is 2.62. The van der Waals surface area contributed by atoms with Gasteiger partial charge in [-0.2, -0.15) is 11.8 Å². The fourth-order valence-electron chi connectivity index (χ4n) is 0.315. The minimum Gasteiger partial charge on any atom is -0.313 e. The van der Waals surface area contributed by atoms with Gasteiger partial charge in [-0.15, -0.1) is 10.1 Å². The first-order chi connectivity index (χ1) is 4.27. The highest BCUT2D eigenvalue weighted by atomic mass is 32.2. The van der Waals surface area contributed by atoms with Crippen LogP contribution in [0.15, 0.2) is 0 Å². The van der Waals surface area contributed by atoms with Crippen LogP contribution in [0.1, 0.15) is 6.92 Å². The van der Waals surface area contributed by atoms with Crippen LogP contribution in [-0.2, 0) is 4.84 Å². The van der Waals surface area contributed by atoms with Crippen molar-refractivity contribution in [1.29, 1.82) is 0 Å². The van der Waals surface area contributed by atoms with Crippen molar-refractivity contribution in [3.05, 3.63) is 10.1 Å². The normalized spacial score (nSPS) is 9.00. The lowest BCUT2D eigenvalue weighted by Crippen LogP contribution is -2.03. The van der Waals surface area contributed by atoms with E-state index in [-0.39, 0.29) is 6.61 Å². The van der Waals surface area contributed by atoms with E-state index in [9.17, 15) is 10.1 Å². The Bertz CT molecular complexity index is 87.9. The molecule has 0 heterocycles. The van der Waals surface area contributed by atoms with Crippen molar-refractivity contribution < 1.29 is 9.92 Å². The Hall–Kier alpha value is -0.450. The summed E-state index contributed by atoms with van der Waals surface area (Å²) in [6.07, 6.45) is 0. The van der Waals surface area contributed by atoms with Crippen molar-refractivity contribution in [2.45, 2.75) is 6.92 Å². The predicted octanol–water partition coefficient (Wildman–Crippen LogP) is 0.948. The molecule has 0 N–H and O–H groups in total. The van der Waals surface area contributed by atoms with Crippen LogP contribution in [-0.4, -0.2) is 23.2 Å². The number of hydrogen-bond acceptors (Lipinski definition) is 4. The third-order valence-corrected chi connectivity index (χ3v) is 1.49. The quantitative estimate of drug-likeness (QED) is 0.333. The molecule has 0 radical (unpaired) electrons. The van der Waals surface area contributed by atoms with Crippen LogP contribution in [0.3, 0.4) is 0 Å². The molecule has 0 atom stereocenters. The molecule has 0 bridgehead atoms. The van der Waals surface area contributed by atoms with E-state index in [1.807, 2.05) is 6.92 Å². The Morgan fingerprint density at radius 1 is 1.78 bits per heavy atom. The van der Waals surface area contributed by atoms with Crippen molar-refractivity contribution in [1.82, 2.24) is 0 Å². The summed E-state index contributed by atoms with van der Waals surface area (Å²) in [7, 11) is 0. The van der Waals surface area contributed by atoms with Gasteiger partial charge in [-0.1, -0.05) is 6.92 Å². The molecule has 0 aromatic rings. The lowest BCUT2D eigenvalue weighted by atomic mass is 10.9. The molecule has 4 nitrogen and oxygen atoms in total. The molecule has 5 heteroatoms. The van der Waals surface area contributed by atoms with E-state index in [2.05, 4.69) is 4.84 Å². The van der Waals surface area contributed by atoms with Gasteiger partial charge in [0.05, 0.1) is 0 Å². The molecular weight excluding hydrogens is 142 g/mol. The molecule has 0 saturated heterocycles. The van der Waals surface area contributed by atoms with Crippen LogP contribution in [0, 0.1) is 10.1 Å². The second-order valence-electron chi connectivity index (χ2n) is 1.25. The Labute approximate surface area is 57.7 Å². The van der Waals surface area contributed by atoms with Crippen molar-refractivity contribution in [3.8, 4) is 0 Å². The second kappa shape index (κ2) is 5.68. The Morgan fingerprint density at radius 2 is 2.44 bits per heavy atom. The SMILES string of the molecule is CCSCCO[N+](=O)[O-]. The highest BCUT2D eigenvalue weighted by Gasteiger charge is 1.91. The molecule has 0 aromatic heterocycles. The predicted molar refractivity (Wildman–Crippen MR) is 35.9 cm³/mol. The molecule has 0 unspecified atom stereocenters. The molecule has 0 saturated carbocycles. The highest BCUT2D eigenvalue weighted by Crippen LogP contribution is 1.96. The van der Waals surface area contributed by atoms with Gasteiger partial charge in [0.25, 0.3) is 5.09 Å². The van der Waals surface area contributed by atoms with Crippen LogP contribution in [0.2, 0.25) is 0 Å². The van der Waals surface area contributed by atoms with E-state index in [0.717, 1.165) is 5.75 Å². The van der Waals surface area contributed by atoms with Gasteiger partial charge in [0.1, 0.15) is 6.61 Å². The molecule has 0 fully saturated rings. The molecule has 9 heavy (non-hydrogen) atoms. The lowest BCUT2D eigenvalue weighted by molar-refractivity contribution is -0.756. The van der Waals surface area contributed by atoms with Crippen LogP contribution < -0.4 is 0 Å². The Kier molecular flexibility index (Phi) is 5.40. The Balaban J connectivity index is 2.83. The van der Waals surface area contributed by atoms with Gasteiger partial charge < -0.3 is 4.84 Å². The summed E-state index contributed by atoms with van der Waals surface area (Å²) in [5.41, 5.74) is 0. The number of rotatable bonds is 5. The molecule has 0 amide bonds. The fraction of sp³-hybridized carbons (Fsp3) is 1.00. The smallest absolute Gasteiger partial charge is 0.294 e. The van der Waals surface area contributed by atoms with Gasteiger partial charge >= 0.3 is 0 Å². The second-order valence-corrected chi connectivity index (χ2v) is 2.65. The third-order valence-electron chi connectivity index (χ3n) is 0.628. The molecule has 0 aromatic carbocycles. The monoisotopic (exact) mass is 151 g/mol. The summed E-state index contributed by atoms with van der Waals surface area (Å²) >= 11 is 1.62. The van der Waals surface area contributed by atoms with Crippen molar-refractivity contribution in [3.63, 3.8) is 0 Å². The van der Waals surface area contributed by atoms with E-state index in [0.29, 0.717) is 5.75 Å².